The largest absolute Gasteiger partial charge is 0.492 e. The number of hydrogen-bond acceptors (Lipinski definition) is 4. The zero-order chi connectivity index (χ0) is 17.7. The lowest BCUT2D eigenvalue weighted by Gasteiger charge is -2.22. The number of Topliss-reactive ketones (excluding diaryl/α,β-unsaturated/α-hetero) is 1. The molecular weight excluding hydrogens is 306 g/mol. The molecule has 5 heteroatoms. The molecule has 0 aliphatic carbocycles. The summed E-state index contributed by atoms with van der Waals surface area (Å²) in [4.78, 5) is 22.3. The van der Waals surface area contributed by atoms with Crippen LogP contribution in [0.4, 0.5) is 5.69 Å². The molecule has 0 atom stereocenters. The molecule has 24 heavy (non-hydrogen) atoms. The summed E-state index contributed by atoms with van der Waals surface area (Å²) in [5, 5.41) is 11.0. The van der Waals surface area contributed by atoms with Gasteiger partial charge in [-0.3, -0.25) is 14.9 Å². The maximum absolute atomic E-state index is 11.6. The molecule has 0 saturated heterocycles. The van der Waals surface area contributed by atoms with E-state index in [4.69, 9.17) is 4.74 Å². The molecule has 0 spiro atoms. The molecule has 0 aliphatic rings. The van der Waals surface area contributed by atoms with E-state index in [0.29, 0.717) is 12.2 Å². The van der Waals surface area contributed by atoms with E-state index in [-0.39, 0.29) is 18.1 Å². The molecule has 0 unspecified atom stereocenters. The van der Waals surface area contributed by atoms with E-state index in [1.165, 1.54) is 19.1 Å². The number of nitro groups is 1. The summed E-state index contributed by atoms with van der Waals surface area (Å²) in [6.07, 6.45) is 0.526. The van der Waals surface area contributed by atoms with Crippen molar-refractivity contribution in [2.24, 2.45) is 5.41 Å². The predicted octanol–water partition coefficient (Wildman–Crippen LogP) is 4.18. The summed E-state index contributed by atoms with van der Waals surface area (Å²) in [7, 11) is 0. The van der Waals surface area contributed by atoms with Gasteiger partial charge in [0.2, 0.25) is 0 Å². The first-order chi connectivity index (χ1) is 11.3. The first-order valence-electron chi connectivity index (χ1n) is 7.75. The smallest absolute Gasteiger partial charge is 0.269 e. The van der Waals surface area contributed by atoms with Gasteiger partial charge < -0.3 is 4.74 Å². The average molecular weight is 327 g/mol. The van der Waals surface area contributed by atoms with Gasteiger partial charge in [-0.2, -0.15) is 0 Å². The highest BCUT2D eigenvalue weighted by Crippen LogP contribution is 2.28. The number of carbonyl (C=O) groups is 1. The van der Waals surface area contributed by atoms with Gasteiger partial charge in [-0.05, 0) is 32.4 Å². The van der Waals surface area contributed by atoms with Crippen molar-refractivity contribution < 1.29 is 14.5 Å². The number of nitro benzene ring substituents is 1. The second-order valence-corrected chi connectivity index (χ2v) is 6.44. The summed E-state index contributed by atoms with van der Waals surface area (Å²) >= 11 is 0. The fraction of sp³-hybridized carbons (Fsp3) is 0.316. The minimum atomic E-state index is -0.605. The third-order valence-electron chi connectivity index (χ3n) is 4.03. The lowest BCUT2D eigenvalue weighted by atomic mass is 9.90. The van der Waals surface area contributed by atoms with Crippen LogP contribution in [0.5, 0.6) is 5.75 Å². The molecule has 0 amide bonds. The molecule has 0 radical (unpaired) electrons. The summed E-state index contributed by atoms with van der Waals surface area (Å²) < 4.78 is 5.83. The minimum Gasteiger partial charge on any atom is -0.492 e. The molecule has 0 aliphatic heterocycles. The predicted molar refractivity (Wildman–Crippen MR) is 92.3 cm³/mol. The Balaban J connectivity index is 2.29. The Morgan fingerprint density at radius 3 is 2.42 bits per heavy atom. The second kappa shape index (κ2) is 7.25. The molecule has 2 aromatic rings. The van der Waals surface area contributed by atoms with Crippen LogP contribution in [0.3, 0.4) is 0 Å². The lowest BCUT2D eigenvalue weighted by molar-refractivity contribution is -0.384. The van der Waals surface area contributed by atoms with Crippen LogP contribution >= 0.6 is 0 Å². The summed E-state index contributed by atoms with van der Waals surface area (Å²) in [6, 6.07) is 14.2. The van der Waals surface area contributed by atoms with Crippen molar-refractivity contribution in [1.82, 2.24) is 0 Å². The Bertz CT molecular complexity index is 738. The Kier molecular flexibility index (Phi) is 5.34. The normalized spacial score (nSPS) is 11.1. The molecule has 5 nitrogen and oxygen atoms in total. The number of hydrogen-bond donors (Lipinski definition) is 0. The van der Waals surface area contributed by atoms with Crippen LogP contribution in [-0.4, -0.2) is 17.3 Å². The summed E-state index contributed by atoms with van der Waals surface area (Å²) in [6.45, 7) is 5.39. The fourth-order valence-corrected chi connectivity index (χ4v) is 2.13. The van der Waals surface area contributed by atoms with E-state index in [9.17, 15) is 14.9 Å². The van der Waals surface area contributed by atoms with Crippen molar-refractivity contribution in [1.29, 1.82) is 0 Å². The van der Waals surface area contributed by atoms with Crippen LogP contribution in [0, 0.1) is 15.5 Å². The Hall–Kier alpha value is -2.69. The first-order valence-corrected chi connectivity index (χ1v) is 7.75. The highest BCUT2D eigenvalue weighted by atomic mass is 16.6. The zero-order valence-electron chi connectivity index (χ0n) is 14.1. The Morgan fingerprint density at radius 2 is 1.83 bits per heavy atom. The number of nitrogens with zero attached hydrogens (tertiary/aromatic N) is 1. The van der Waals surface area contributed by atoms with Gasteiger partial charge in [-0.1, -0.05) is 30.3 Å². The molecule has 0 heterocycles. The van der Waals surface area contributed by atoms with Gasteiger partial charge in [0.15, 0.2) is 0 Å². The molecule has 2 aromatic carbocycles. The molecule has 0 N–H and O–H groups in total. The van der Waals surface area contributed by atoms with Gasteiger partial charge in [0, 0.05) is 24.1 Å². The topological polar surface area (TPSA) is 69.4 Å². The maximum Gasteiger partial charge on any atom is 0.269 e. The van der Waals surface area contributed by atoms with E-state index in [0.717, 1.165) is 11.1 Å². The number of rotatable bonds is 7. The maximum atomic E-state index is 11.6. The van der Waals surface area contributed by atoms with Crippen molar-refractivity contribution >= 4 is 11.5 Å². The molecule has 126 valence electrons. The van der Waals surface area contributed by atoms with Gasteiger partial charge in [-0.15, -0.1) is 0 Å². The molecule has 0 bridgehead atoms. The lowest BCUT2D eigenvalue weighted by Crippen LogP contribution is -2.29. The van der Waals surface area contributed by atoms with Crippen molar-refractivity contribution in [2.75, 3.05) is 6.61 Å². The number of carbonyl (C=O) groups excluding carboxylic acids is 1. The van der Waals surface area contributed by atoms with Gasteiger partial charge in [0.05, 0.1) is 10.3 Å². The summed E-state index contributed by atoms with van der Waals surface area (Å²) in [5.41, 5.74) is 1.19. The molecule has 0 saturated carbocycles. The minimum absolute atomic E-state index is 0.0270. The van der Waals surface area contributed by atoms with Crippen LogP contribution in [0.25, 0.3) is 0 Å². The van der Waals surface area contributed by atoms with Gasteiger partial charge >= 0.3 is 0 Å². The van der Waals surface area contributed by atoms with Crippen molar-refractivity contribution in [3.05, 3.63) is 69.8 Å². The first kappa shape index (κ1) is 17.7. The fourth-order valence-electron chi connectivity index (χ4n) is 2.13. The number of benzene rings is 2. The Morgan fingerprint density at radius 1 is 1.17 bits per heavy atom. The van der Waals surface area contributed by atoms with Crippen molar-refractivity contribution in [3.8, 4) is 5.75 Å². The van der Waals surface area contributed by atoms with Crippen LogP contribution in [0.2, 0.25) is 0 Å². The monoisotopic (exact) mass is 327 g/mol. The molecule has 0 fully saturated rings. The number of ether oxygens (including phenoxy) is 1. The van der Waals surface area contributed by atoms with E-state index in [2.05, 4.69) is 0 Å². The van der Waals surface area contributed by atoms with Crippen LogP contribution in [0.15, 0.2) is 48.5 Å². The van der Waals surface area contributed by atoms with Gasteiger partial charge in [0.1, 0.15) is 18.1 Å². The standard InChI is InChI=1S/C19H21NO4/c1-14(21)19(2,3)13-24-18-10-9-17(20(22)23)12-16(18)11-15-7-5-4-6-8-15/h4-10,12H,11,13H2,1-3H3. The molecular formula is C19H21NO4. The van der Waals surface area contributed by atoms with Crippen LogP contribution in [0.1, 0.15) is 31.9 Å². The molecule has 2 rings (SSSR count). The quantitative estimate of drug-likeness (QED) is 0.565. The average Bonchev–Trinajstić information content (AvgIpc) is 2.54. The van der Waals surface area contributed by atoms with Crippen LogP contribution in [-0.2, 0) is 11.2 Å². The highest BCUT2D eigenvalue weighted by molar-refractivity contribution is 5.81. The van der Waals surface area contributed by atoms with Crippen LogP contribution < -0.4 is 4.74 Å². The van der Waals surface area contributed by atoms with Gasteiger partial charge in [0.25, 0.3) is 5.69 Å². The van der Waals surface area contributed by atoms with E-state index in [1.54, 1.807) is 6.07 Å². The van der Waals surface area contributed by atoms with Crippen molar-refractivity contribution in [3.63, 3.8) is 0 Å². The number of non-ortho nitro benzene ring substituents is 1. The third kappa shape index (κ3) is 4.41. The van der Waals surface area contributed by atoms with E-state index >= 15 is 0 Å². The third-order valence-corrected chi connectivity index (χ3v) is 4.03. The van der Waals surface area contributed by atoms with Crippen molar-refractivity contribution in [2.45, 2.75) is 27.2 Å². The molecule has 0 aromatic heterocycles. The van der Waals surface area contributed by atoms with E-state index in [1.807, 2.05) is 44.2 Å². The second-order valence-electron chi connectivity index (χ2n) is 6.44. The van der Waals surface area contributed by atoms with E-state index < -0.39 is 10.3 Å². The Labute approximate surface area is 141 Å². The SMILES string of the molecule is CC(=O)C(C)(C)COc1ccc([N+](=O)[O-])cc1Cc1ccccc1. The zero-order valence-corrected chi connectivity index (χ0v) is 14.1. The summed E-state index contributed by atoms with van der Waals surface area (Å²) in [5.74, 6) is 0.604. The highest BCUT2D eigenvalue weighted by Gasteiger charge is 2.25. The van der Waals surface area contributed by atoms with Gasteiger partial charge in [-0.25, -0.2) is 0 Å². The number of ketones is 1.